The molecule has 1 aromatic rings. The normalized spacial score (nSPS) is 16.9. The van der Waals surface area contributed by atoms with E-state index >= 15 is 0 Å². The first-order valence-electron chi connectivity index (χ1n) is 5.92. The highest BCUT2D eigenvalue weighted by molar-refractivity contribution is 6.31. The standard InChI is InChI=1S/C12H17ClN4O/c1-16-2-4-17(5-3-16)12-7-9(6-11(14)18)10(13)8-15-12/h7-8H,2-6H2,1H3,(H2,14,18). The third kappa shape index (κ3) is 3.11. The molecule has 5 nitrogen and oxygen atoms in total. The number of hydrogen-bond donors (Lipinski definition) is 1. The average Bonchev–Trinajstić information content (AvgIpc) is 2.32. The summed E-state index contributed by atoms with van der Waals surface area (Å²) in [6, 6.07) is 1.86. The lowest BCUT2D eigenvalue weighted by molar-refractivity contribution is -0.117. The maximum atomic E-state index is 11.0. The number of likely N-dealkylation sites (N-methyl/N-ethyl adjacent to an activating group) is 1. The number of rotatable bonds is 3. The van der Waals surface area contributed by atoms with Crippen molar-refractivity contribution in [3.63, 3.8) is 0 Å². The second-order valence-corrected chi connectivity index (χ2v) is 4.97. The van der Waals surface area contributed by atoms with Gasteiger partial charge in [0, 0.05) is 32.4 Å². The van der Waals surface area contributed by atoms with Gasteiger partial charge in [-0.25, -0.2) is 4.98 Å². The SMILES string of the molecule is CN1CCN(c2cc(CC(N)=O)c(Cl)cn2)CC1. The molecule has 0 unspecified atom stereocenters. The number of hydrogen-bond acceptors (Lipinski definition) is 4. The number of nitrogens with zero attached hydrogens (tertiary/aromatic N) is 3. The summed E-state index contributed by atoms with van der Waals surface area (Å²) in [7, 11) is 2.10. The highest BCUT2D eigenvalue weighted by atomic mass is 35.5. The minimum atomic E-state index is -0.382. The Bertz CT molecular complexity index is 444. The molecule has 1 fully saturated rings. The van der Waals surface area contributed by atoms with Crippen LogP contribution in [-0.4, -0.2) is 49.0 Å². The molecule has 0 atom stereocenters. The van der Waals surface area contributed by atoms with E-state index in [0.717, 1.165) is 37.6 Å². The summed E-state index contributed by atoms with van der Waals surface area (Å²) in [4.78, 5) is 19.8. The number of anilines is 1. The van der Waals surface area contributed by atoms with Crippen molar-refractivity contribution >= 4 is 23.3 Å². The Morgan fingerprint density at radius 1 is 1.44 bits per heavy atom. The predicted octanol–water partition coefficient (Wildman–Crippen LogP) is 0.515. The van der Waals surface area contributed by atoms with Gasteiger partial charge in [-0.3, -0.25) is 4.79 Å². The minimum absolute atomic E-state index is 0.155. The summed E-state index contributed by atoms with van der Waals surface area (Å²) in [5.74, 6) is 0.483. The molecule has 0 spiro atoms. The van der Waals surface area contributed by atoms with E-state index in [1.807, 2.05) is 6.07 Å². The van der Waals surface area contributed by atoms with Gasteiger partial charge in [-0.2, -0.15) is 0 Å². The van der Waals surface area contributed by atoms with Gasteiger partial charge in [-0.1, -0.05) is 11.6 Å². The Labute approximate surface area is 112 Å². The first kappa shape index (κ1) is 13.1. The second-order valence-electron chi connectivity index (χ2n) is 4.57. The van der Waals surface area contributed by atoms with Crippen LogP contribution in [-0.2, 0) is 11.2 Å². The lowest BCUT2D eigenvalue weighted by Crippen LogP contribution is -2.44. The number of nitrogens with two attached hydrogens (primary N) is 1. The Balaban J connectivity index is 2.16. The van der Waals surface area contributed by atoms with Crippen LogP contribution in [0.5, 0.6) is 0 Å². The lowest BCUT2D eigenvalue weighted by atomic mass is 10.2. The quantitative estimate of drug-likeness (QED) is 0.868. The van der Waals surface area contributed by atoms with Gasteiger partial charge >= 0.3 is 0 Å². The van der Waals surface area contributed by atoms with E-state index < -0.39 is 0 Å². The summed E-state index contributed by atoms with van der Waals surface area (Å²) in [6.07, 6.45) is 1.75. The molecule has 2 N–H and O–H groups in total. The largest absolute Gasteiger partial charge is 0.369 e. The number of piperazine rings is 1. The zero-order chi connectivity index (χ0) is 13.1. The summed E-state index contributed by atoms with van der Waals surface area (Å²) < 4.78 is 0. The van der Waals surface area contributed by atoms with E-state index in [1.165, 1.54) is 0 Å². The van der Waals surface area contributed by atoms with E-state index in [1.54, 1.807) is 6.20 Å². The molecular weight excluding hydrogens is 252 g/mol. The Hall–Kier alpha value is -1.33. The summed E-state index contributed by atoms with van der Waals surface area (Å²) >= 11 is 6.01. The minimum Gasteiger partial charge on any atom is -0.369 e. The predicted molar refractivity (Wildman–Crippen MR) is 71.9 cm³/mol. The van der Waals surface area contributed by atoms with Crippen molar-refractivity contribution in [3.05, 3.63) is 22.8 Å². The summed E-state index contributed by atoms with van der Waals surface area (Å²) in [6.45, 7) is 3.88. The molecule has 0 bridgehead atoms. The van der Waals surface area contributed by atoms with Crippen molar-refractivity contribution in [2.45, 2.75) is 6.42 Å². The van der Waals surface area contributed by atoms with Crippen LogP contribution in [0.25, 0.3) is 0 Å². The zero-order valence-corrected chi connectivity index (χ0v) is 11.2. The highest BCUT2D eigenvalue weighted by Gasteiger charge is 2.16. The van der Waals surface area contributed by atoms with E-state index in [-0.39, 0.29) is 12.3 Å². The van der Waals surface area contributed by atoms with Gasteiger partial charge in [0.1, 0.15) is 5.82 Å². The summed E-state index contributed by atoms with van der Waals surface area (Å²) in [5, 5.41) is 0.492. The fraction of sp³-hybridized carbons (Fsp3) is 0.500. The van der Waals surface area contributed by atoms with Crippen molar-refractivity contribution in [3.8, 4) is 0 Å². The molecule has 0 radical (unpaired) electrons. The Kier molecular flexibility index (Phi) is 4.04. The van der Waals surface area contributed by atoms with E-state index in [4.69, 9.17) is 17.3 Å². The molecule has 1 amide bonds. The van der Waals surface area contributed by atoms with Gasteiger partial charge < -0.3 is 15.5 Å². The van der Waals surface area contributed by atoms with Gasteiger partial charge in [-0.15, -0.1) is 0 Å². The maximum Gasteiger partial charge on any atom is 0.221 e. The van der Waals surface area contributed by atoms with E-state index in [0.29, 0.717) is 5.02 Å². The van der Waals surface area contributed by atoms with Gasteiger partial charge in [0.2, 0.25) is 5.91 Å². The van der Waals surface area contributed by atoms with E-state index in [2.05, 4.69) is 21.8 Å². The zero-order valence-electron chi connectivity index (χ0n) is 10.4. The molecule has 98 valence electrons. The van der Waals surface area contributed by atoms with Crippen molar-refractivity contribution < 1.29 is 4.79 Å². The molecule has 0 aromatic carbocycles. The van der Waals surface area contributed by atoms with Crippen LogP contribution in [0.15, 0.2) is 12.3 Å². The number of carbonyl (C=O) groups is 1. The molecule has 0 saturated carbocycles. The van der Waals surface area contributed by atoms with Crippen LogP contribution in [0.2, 0.25) is 5.02 Å². The molecule has 1 aromatic heterocycles. The average molecular weight is 269 g/mol. The topological polar surface area (TPSA) is 62.5 Å². The van der Waals surface area contributed by atoms with Crippen molar-refractivity contribution in [2.24, 2.45) is 5.73 Å². The number of halogens is 1. The number of primary amides is 1. The molecule has 18 heavy (non-hydrogen) atoms. The fourth-order valence-electron chi connectivity index (χ4n) is 2.00. The van der Waals surface area contributed by atoms with Crippen LogP contribution in [0.3, 0.4) is 0 Å². The Morgan fingerprint density at radius 2 is 2.11 bits per heavy atom. The van der Waals surface area contributed by atoms with Crippen LogP contribution < -0.4 is 10.6 Å². The smallest absolute Gasteiger partial charge is 0.221 e. The molecule has 1 aliphatic rings. The number of pyridine rings is 1. The number of aromatic nitrogens is 1. The molecule has 2 heterocycles. The molecular formula is C12H17ClN4O. The van der Waals surface area contributed by atoms with Crippen molar-refractivity contribution in [1.29, 1.82) is 0 Å². The lowest BCUT2D eigenvalue weighted by Gasteiger charge is -2.33. The molecule has 6 heteroatoms. The van der Waals surface area contributed by atoms with Gasteiger partial charge in [0.25, 0.3) is 0 Å². The molecule has 1 saturated heterocycles. The highest BCUT2D eigenvalue weighted by Crippen LogP contribution is 2.21. The summed E-state index contributed by atoms with van der Waals surface area (Å²) in [5.41, 5.74) is 5.95. The Morgan fingerprint density at radius 3 is 2.72 bits per heavy atom. The molecule has 1 aliphatic heterocycles. The van der Waals surface area contributed by atoms with Crippen LogP contribution in [0.1, 0.15) is 5.56 Å². The fourth-order valence-corrected chi connectivity index (χ4v) is 2.17. The number of amides is 1. The third-order valence-corrected chi connectivity index (χ3v) is 3.45. The number of carbonyl (C=O) groups excluding carboxylic acids is 1. The van der Waals surface area contributed by atoms with Crippen LogP contribution in [0, 0.1) is 0 Å². The van der Waals surface area contributed by atoms with Crippen LogP contribution >= 0.6 is 11.6 Å². The van der Waals surface area contributed by atoms with Gasteiger partial charge in [-0.05, 0) is 18.7 Å². The second kappa shape index (κ2) is 5.54. The first-order valence-corrected chi connectivity index (χ1v) is 6.30. The first-order chi connectivity index (χ1) is 8.56. The van der Waals surface area contributed by atoms with Gasteiger partial charge in [0.05, 0.1) is 11.4 Å². The molecule has 2 rings (SSSR count). The third-order valence-electron chi connectivity index (χ3n) is 3.11. The van der Waals surface area contributed by atoms with Crippen molar-refractivity contribution in [1.82, 2.24) is 9.88 Å². The monoisotopic (exact) mass is 268 g/mol. The van der Waals surface area contributed by atoms with Crippen molar-refractivity contribution in [2.75, 3.05) is 38.1 Å². The van der Waals surface area contributed by atoms with E-state index in [9.17, 15) is 4.79 Å². The molecule has 0 aliphatic carbocycles. The van der Waals surface area contributed by atoms with Gasteiger partial charge in [0.15, 0.2) is 0 Å². The maximum absolute atomic E-state index is 11.0. The van der Waals surface area contributed by atoms with Crippen LogP contribution in [0.4, 0.5) is 5.82 Å².